The third-order valence-corrected chi connectivity index (χ3v) is 2.89. The number of carbonyl (C=O) groups excluding carboxylic acids is 1. The molecule has 0 unspecified atom stereocenters. The molecule has 94 valence electrons. The summed E-state index contributed by atoms with van der Waals surface area (Å²) in [5.41, 5.74) is 0.720. The van der Waals surface area contributed by atoms with E-state index in [1.54, 1.807) is 24.1 Å². The second-order valence-corrected chi connectivity index (χ2v) is 4.52. The number of anilines is 1. The first-order valence-electron chi connectivity index (χ1n) is 5.31. The van der Waals surface area contributed by atoms with Crippen LogP contribution in [0.3, 0.4) is 0 Å². The number of aryl methyl sites for hydroxylation is 1. The first kappa shape index (κ1) is 12.6. The van der Waals surface area contributed by atoms with Gasteiger partial charge in [0, 0.05) is 11.5 Å². The lowest BCUT2D eigenvalue weighted by molar-refractivity contribution is -0.118. The second-order valence-electron chi connectivity index (χ2n) is 3.67. The average molecular weight is 310 g/mol. The molecule has 1 amide bonds. The highest BCUT2D eigenvalue weighted by molar-refractivity contribution is 9.10. The number of hydrogen-bond donors (Lipinski definition) is 1. The van der Waals surface area contributed by atoms with Crippen LogP contribution in [-0.4, -0.2) is 22.3 Å². The van der Waals surface area contributed by atoms with Gasteiger partial charge in [-0.05, 0) is 28.1 Å². The molecule has 0 atom stereocenters. The molecule has 0 bridgehead atoms. The molecule has 1 heterocycles. The third-order valence-electron chi connectivity index (χ3n) is 2.20. The van der Waals surface area contributed by atoms with Crippen LogP contribution in [0.2, 0.25) is 0 Å². The summed E-state index contributed by atoms with van der Waals surface area (Å²) in [5.74, 6) is 0.352. The molecule has 5 nitrogen and oxygen atoms in total. The maximum atomic E-state index is 11.7. The van der Waals surface area contributed by atoms with E-state index < -0.39 is 0 Å². The van der Waals surface area contributed by atoms with Gasteiger partial charge in [0.15, 0.2) is 12.4 Å². The number of benzene rings is 1. The molecule has 1 aromatic carbocycles. The zero-order valence-electron chi connectivity index (χ0n) is 9.76. The predicted molar refractivity (Wildman–Crippen MR) is 71.5 cm³/mol. The minimum Gasteiger partial charge on any atom is -0.480 e. The number of rotatable bonds is 4. The Kier molecular flexibility index (Phi) is 3.99. The van der Waals surface area contributed by atoms with Crippen molar-refractivity contribution in [1.29, 1.82) is 0 Å². The normalized spacial score (nSPS) is 10.1. The van der Waals surface area contributed by atoms with E-state index >= 15 is 0 Å². The van der Waals surface area contributed by atoms with Crippen LogP contribution in [0, 0.1) is 0 Å². The van der Waals surface area contributed by atoms with E-state index in [1.807, 2.05) is 24.3 Å². The van der Waals surface area contributed by atoms with E-state index in [9.17, 15) is 4.79 Å². The van der Waals surface area contributed by atoms with Crippen molar-refractivity contribution < 1.29 is 9.53 Å². The second kappa shape index (κ2) is 5.68. The van der Waals surface area contributed by atoms with Crippen LogP contribution in [0.25, 0.3) is 0 Å². The number of amides is 1. The van der Waals surface area contributed by atoms with Crippen molar-refractivity contribution in [2.75, 3.05) is 11.9 Å². The largest absolute Gasteiger partial charge is 0.480 e. The molecule has 1 aromatic heterocycles. The maximum absolute atomic E-state index is 11.7. The molecule has 0 saturated carbocycles. The fraction of sp³-hybridized carbons (Fsp3) is 0.167. The van der Waals surface area contributed by atoms with E-state index in [1.165, 1.54) is 0 Å². The number of carbonyl (C=O) groups is 1. The van der Waals surface area contributed by atoms with Gasteiger partial charge in [-0.2, -0.15) is 5.10 Å². The lowest BCUT2D eigenvalue weighted by atomic mass is 10.3. The van der Waals surface area contributed by atoms with Crippen molar-refractivity contribution in [2.24, 2.45) is 7.05 Å². The molecule has 0 saturated heterocycles. The first-order valence-corrected chi connectivity index (χ1v) is 6.10. The van der Waals surface area contributed by atoms with Gasteiger partial charge in [-0.3, -0.25) is 9.48 Å². The molecule has 0 spiro atoms. The van der Waals surface area contributed by atoms with E-state index in [2.05, 4.69) is 26.3 Å². The van der Waals surface area contributed by atoms with Gasteiger partial charge in [-0.25, -0.2) is 0 Å². The van der Waals surface area contributed by atoms with Crippen molar-refractivity contribution in [3.05, 3.63) is 41.1 Å². The Morgan fingerprint density at radius 2 is 2.28 bits per heavy atom. The van der Waals surface area contributed by atoms with Gasteiger partial charge in [0.1, 0.15) is 0 Å². The zero-order valence-corrected chi connectivity index (χ0v) is 11.3. The quantitative estimate of drug-likeness (QED) is 0.942. The highest BCUT2D eigenvalue weighted by atomic mass is 79.9. The SMILES string of the molecule is Cn1cc(OCC(=O)Nc2ccccc2Br)cn1. The Bertz CT molecular complexity index is 554. The van der Waals surface area contributed by atoms with Crippen LogP contribution < -0.4 is 10.1 Å². The summed E-state index contributed by atoms with van der Waals surface area (Å²) >= 11 is 3.36. The van der Waals surface area contributed by atoms with E-state index in [0.717, 1.165) is 10.2 Å². The summed E-state index contributed by atoms with van der Waals surface area (Å²) in [6.07, 6.45) is 3.26. The minimum atomic E-state index is -0.217. The lowest BCUT2D eigenvalue weighted by Gasteiger charge is -2.07. The summed E-state index contributed by atoms with van der Waals surface area (Å²) in [4.78, 5) is 11.7. The minimum absolute atomic E-state index is 0.0486. The van der Waals surface area contributed by atoms with Gasteiger partial charge < -0.3 is 10.1 Å². The van der Waals surface area contributed by atoms with Crippen LogP contribution in [0.4, 0.5) is 5.69 Å². The van der Waals surface area contributed by atoms with Crippen molar-refractivity contribution in [3.8, 4) is 5.75 Å². The number of nitrogens with zero attached hydrogens (tertiary/aromatic N) is 2. The van der Waals surface area contributed by atoms with E-state index in [4.69, 9.17) is 4.74 Å². The van der Waals surface area contributed by atoms with Crippen LogP contribution in [0.5, 0.6) is 5.75 Å². The number of aromatic nitrogens is 2. The zero-order chi connectivity index (χ0) is 13.0. The molecular weight excluding hydrogens is 298 g/mol. The molecule has 0 aliphatic carbocycles. The summed E-state index contributed by atoms with van der Waals surface area (Å²) in [6.45, 7) is -0.0486. The number of hydrogen-bond acceptors (Lipinski definition) is 3. The van der Waals surface area contributed by atoms with Gasteiger partial charge in [0.2, 0.25) is 0 Å². The van der Waals surface area contributed by atoms with Crippen LogP contribution >= 0.6 is 15.9 Å². The molecule has 0 radical (unpaired) electrons. The topological polar surface area (TPSA) is 56.1 Å². The monoisotopic (exact) mass is 309 g/mol. The summed E-state index contributed by atoms with van der Waals surface area (Å²) in [5, 5.41) is 6.69. The predicted octanol–water partition coefficient (Wildman–Crippen LogP) is 2.20. The molecule has 0 aliphatic heterocycles. The highest BCUT2D eigenvalue weighted by Crippen LogP contribution is 2.21. The Morgan fingerprint density at radius 1 is 1.50 bits per heavy atom. The Hall–Kier alpha value is -1.82. The molecule has 0 fully saturated rings. The van der Waals surface area contributed by atoms with Gasteiger partial charge in [0.25, 0.3) is 5.91 Å². The van der Waals surface area contributed by atoms with E-state index in [0.29, 0.717) is 5.75 Å². The number of para-hydroxylation sites is 1. The van der Waals surface area contributed by atoms with Crippen molar-refractivity contribution >= 4 is 27.5 Å². The molecule has 18 heavy (non-hydrogen) atoms. The number of ether oxygens (including phenoxy) is 1. The lowest BCUT2D eigenvalue weighted by Crippen LogP contribution is -2.20. The van der Waals surface area contributed by atoms with Gasteiger partial charge in [-0.15, -0.1) is 0 Å². The van der Waals surface area contributed by atoms with Crippen molar-refractivity contribution in [2.45, 2.75) is 0 Å². The van der Waals surface area contributed by atoms with Crippen molar-refractivity contribution in [1.82, 2.24) is 9.78 Å². The summed E-state index contributed by atoms with van der Waals surface area (Å²) < 4.78 is 7.74. The van der Waals surface area contributed by atoms with Crippen LogP contribution in [0.15, 0.2) is 41.1 Å². The molecular formula is C12H12BrN3O2. The fourth-order valence-corrected chi connectivity index (χ4v) is 1.75. The Labute approximate surface area is 113 Å². The van der Waals surface area contributed by atoms with E-state index in [-0.39, 0.29) is 12.5 Å². The van der Waals surface area contributed by atoms with Gasteiger partial charge >= 0.3 is 0 Å². The van der Waals surface area contributed by atoms with Crippen LogP contribution in [0.1, 0.15) is 0 Å². The smallest absolute Gasteiger partial charge is 0.262 e. The highest BCUT2D eigenvalue weighted by Gasteiger charge is 2.06. The molecule has 2 aromatic rings. The fourth-order valence-electron chi connectivity index (χ4n) is 1.37. The standard InChI is InChI=1S/C12H12BrN3O2/c1-16-7-9(6-14-16)18-8-12(17)15-11-5-3-2-4-10(11)13/h2-7H,8H2,1H3,(H,15,17). The molecule has 1 N–H and O–H groups in total. The Morgan fingerprint density at radius 3 is 2.94 bits per heavy atom. The molecule has 6 heteroatoms. The van der Waals surface area contributed by atoms with Crippen molar-refractivity contribution in [3.63, 3.8) is 0 Å². The van der Waals surface area contributed by atoms with Gasteiger partial charge in [-0.1, -0.05) is 12.1 Å². The molecule has 0 aliphatic rings. The summed E-state index contributed by atoms with van der Waals surface area (Å²) in [7, 11) is 1.79. The number of halogens is 1. The molecule has 2 rings (SSSR count). The van der Waals surface area contributed by atoms with Crippen LogP contribution in [-0.2, 0) is 11.8 Å². The average Bonchev–Trinajstić information content (AvgIpc) is 2.76. The third kappa shape index (κ3) is 3.33. The van der Waals surface area contributed by atoms with Gasteiger partial charge in [0.05, 0.1) is 18.1 Å². The Balaban J connectivity index is 1.88. The maximum Gasteiger partial charge on any atom is 0.262 e. The number of nitrogens with one attached hydrogen (secondary N) is 1. The summed E-state index contributed by atoms with van der Waals surface area (Å²) in [6, 6.07) is 7.40. The first-order chi connectivity index (χ1) is 8.65.